The van der Waals surface area contributed by atoms with E-state index in [0.29, 0.717) is 24.1 Å². The van der Waals surface area contributed by atoms with Gasteiger partial charge in [-0.25, -0.2) is 0 Å². The lowest BCUT2D eigenvalue weighted by atomic mass is 9.84. The molecule has 32 heavy (non-hydrogen) atoms. The number of halogens is 1. The molecule has 2 aliphatic rings. The predicted molar refractivity (Wildman–Crippen MR) is 131 cm³/mol. The molecular formula is C25H40ClN3O3. The summed E-state index contributed by atoms with van der Waals surface area (Å²) < 4.78 is 10.6. The number of anilines is 1. The van der Waals surface area contributed by atoms with Crippen molar-refractivity contribution >= 4 is 23.2 Å². The van der Waals surface area contributed by atoms with Gasteiger partial charge in [-0.1, -0.05) is 18.5 Å². The average Bonchev–Trinajstić information content (AvgIpc) is 2.82. The molecule has 1 saturated heterocycles. The van der Waals surface area contributed by atoms with Gasteiger partial charge in [-0.2, -0.15) is 0 Å². The molecule has 1 aromatic carbocycles. The maximum Gasteiger partial charge on any atom is 0.222 e. The number of carbonyl (C=O) groups is 1. The van der Waals surface area contributed by atoms with Gasteiger partial charge in [0.1, 0.15) is 0 Å². The molecule has 1 aliphatic heterocycles. The number of hydrogen-bond donors (Lipinski definition) is 1. The van der Waals surface area contributed by atoms with Crippen LogP contribution >= 0.6 is 11.6 Å². The number of hydrogen-bond acceptors (Lipinski definition) is 5. The number of nitrogens with zero attached hydrogens (tertiary/aromatic N) is 2. The molecule has 0 atom stereocenters. The van der Waals surface area contributed by atoms with Crippen molar-refractivity contribution in [1.29, 1.82) is 0 Å². The molecule has 180 valence electrons. The molecular weight excluding hydrogens is 426 g/mol. The highest BCUT2D eigenvalue weighted by atomic mass is 35.5. The van der Waals surface area contributed by atoms with Crippen molar-refractivity contribution in [3.05, 3.63) is 22.7 Å². The molecule has 1 heterocycles. The third kappa shape index (κ3) is 7.00. The number of ether oxygens (including phenoxy) is 2. The van der Waals surface area contributed by atoms with Gasteiger partial charge in [-0.15, -0.1) is 0 Å². The molecule has 0 bridgehead atoms. The summed E-state index contributed by atoms with van der Waals surface area (Å²) in [5.41, 5.74) is 2.38. The number of nitrogens with one attached hydrogen (secondary N) is 1. The Morgan fingerprint density at radius 1 is 1.12 bits per heavy atom. The molecule has 6 nitrogen and oxygen atoms in total. The zero-order valence-corrected chi connectivity index (χ0v) is 20.8. The first kappa shape index (κ1) is 25.1. The van der Waals surface area contributed by atoms with Crippen molar-refractivity contribution in [3.63, 3.8) is 0 Å². The molecule has 2 fully saturated rings. The molecule has 7 heteroatoms. The summed E-state index contributed by atoms with van der Waals surface area (Å²) in [4.78, 5) is 16.9. The van der Waals surface area contributed by atoms with Crippen molar-refractivity contribution in [2.75, 3.05) is 58.5 Å². The molecule has 1 saturated carbocycles. The Balaban J connectivity index is 1.39. The van der Waals surface area contributed by atoms with Gasteiger partial charge in [0, 0.05) is 45.8 Å². The summed E-state index contributed by atoms with van der Waals surface area (Å²) in [6.45, 7) is 7.96. The van der Waals surface area contributed by atoms with Crippen molar-refractivity contribution in [3.8, 4) is 5.75 Å². The number of piperazine rings is 1. The summed E-state index contributed by atoms with van der Waals surface area (Å²) in [5.74, 6) is 1.69. The Morgan fingerprint density at radius 3 is 2.47 bits per heavy atom. The number of aryl methyl sites for hydroxylation is 1. The van der Waals surface area contributed by atoms with Crippen molar-refractivity contribution in [2.45, 2.75) is 57.9 Å². The standard InChI is InChI=1S/C25H40ClN3O3/c1-4-19-17-22(26)25(32-3)23(18-19)29-14-12-28(13-15-29)11-9-20-5-7-21(8-6-20)27-24(30)10-16-31-2/h17-18,20-21H,4-16H2,1-3H3,(H,27,30). The maximum atomic E-state index is 11.9. The summed E-state index contributed by atoms with van der Waals surface area (Å²) >= 11 is 6.47. The quantitative estimate of drug-likeness (QED) is 0.563. The van der Waals surface area contributed by atoms with E-state index in [4.69, 9.17) is 21.1 Å². The van der Waals surface area contributed by atoms with Gasteiger partial charge < -0.3 is 19.7 Å². The number of methoxy groups -OCH3 is 2. The van der Waals surface area contributed by atoms with Crippen LogP contribution in [0.1, 0.15) is 51.0 Å². The van der Waals surface area contributed by atoms with E-state index in [1.54, 1.807) is 14.2 Å². The van der Waals surface area contributed by atoms with Crippen molar-refractivity contribution in [1.82, 2.24) is 10.2 Å². The fourth-order valence-corrected chi connectivity index (χ4v) is 5.26. The van der Waals surface area contributed by atoms with Crippen LogP contribution in [0.5, 0.6) is 5.75 Å². The van der Waals surface area contributed by atoms with E-state index < -0.39 is 0 Å². The van der Waals surface area contributed by atoms with Gasteiger partial charge in [0.25, 0.3) is 0 Å². The van der Waals surface area contributed by atoms with Gasteiger partial charge in [-0.05, 0) is 68.7 Å². The molecule has 0 radical (unpaired) electrons. The van der Waals surface area contributed by atoms with Crippen LogP contribution in [-0.2, 0) is 16.0 Å². The largest absolute Gasteiger partial charge is 0.493 e. The minimum atomic E-state index is 0.121. The second-order valence-corrected chi connectivity index (χ2v) is 9.54. The third-order valence-corrected chi connectivity index (χ3v) is 7.29. The smallest absolute Gasteiger partial charge is 0.222 e. The van der Waals surface area contributed by atoms with E-state index >= 15 is 0 Å². The number of amides is 1. The average molecular weight is 466 g/mol. The van der Waals surface area contributed by atoms with E-state index in [1.807, 2.05) is 6.07 Å². The Bertz CT molecular complexity index is 729. The molecule has 0 unspecified atom stereocenters. The van der Waals surface area contributed by atoms with Crippen LogP contribution in [0.3, 0.4) is 0 Å². The van der Waals surface area contributed by atoms with Crippen LogP contribution in [0.2, 0.25) is 5.02 Å². The minimum absolute atomic E-state index is 0.121. The van der Waals surface area contributed by atoms with Crippen LogP contribution < -0.4 is 15.0 Å². The van der Waals surface area contributed by atoms with E-state index in [-0.39, 0.29) is 5.91 Å². The first-order chi connectivity index (χ1) is 15.5. The lowest BCUT2D eigenvalue weighted by Gasteiger charge is -2.38. The molecule has 1 N–H and O–H groups in total. The van der Waals surface area contributed by atoms with Gasteiger partial charge in [-0.3, -0.25) is 9.69 Å². The third-order valence-electron chi connectivity index (χ3n) is 7.01. The predicted octanol–water partition coefficient (Wildman–Crippen LogP) is 4.13. The molecule has 0 spiro atoms. The lowest BCUT2D eigenvalue weighted by molar-refractivity contribution is -0.122. The number of rotatable bonds is 10. The Labute approximate surface area is 198 Å². The van der Waals surface area contributed by atoms with Gasteiger partial charge in [0.2, 0.25) is 5.91 Å². The van der Waals surface area contributed by atoms with E-state index in [2.05, 4.69) is 28.1 Å². The van der Waals surface area contributed by atoms with Crippen molar-refractivity contribution in [2.24, 2.45) is 5.92 Å². The highest BCUT2D eigenvalue weighted by Gasteiger charge is 2.25. The van der Waals surface area contributed by atoms with Crippen molar-refractivity contribution < 1.29 is 14.3 Å². The van der Waals surface area contributed by atoms with Gasteiger partial charge in [0.15, 0.2) is 5.75 Å². The number of benzene rings is 1. The maximum absolute atomic E-state index is 11.9. The molecule has 3 rings (SSSR count). The molecule has 1 aliphatic carbocycles. The van der Waals surface area contributed by atoms with Crippen LogP contribution in [0, 0.1) is 5.92 Å². The van der Waals surface area contributed by atoms with Crippen LogP contribution in [0.4, 0.5) is 5.69 Å². The first-order valence-corrected chi connectivity index (χ1v) is 12.5. The summed E-state index contributed by atoms with van der Waals surface area (Å²) in [5, 5.41) is 3.87. The zero-order valence-electron chi connectivity index (χ0n) is 20.0. The highest BCUT2D eigenvalue weighted by molar-refractivity contribution is 6.32. The van der Waals surface area contributed by atoms with E-state index in [1.165, 1.54) is 24.8 Å². The van der Waals surface area contributed by atoms with Crippen LogP contribution in [-0.4, -0.2) is 70.4 Å². The van der Waals surface area contributed by atoms with E-state index in [9.17, 15) is 4.79 Å². The normalized spacial score (nSPS) is 22.1. The molecule has 1 aromatic rings. The second kappa shape index (κ2) is 12.7. The monoisotopic (exact) mass is 465 g/mol. The first-order valence-electron chi connectivity index (χ1n) is 12.2. The number of carbonyl (C=O) groups excluding carboxylic acids is 1. The van der Waals surface area contributed by atoms with Gasteiger partial charge >= 0.3 is 0 Å². The molecule has 0 aromatic heterocycles. The van der Waals surface area contributed by atoms with Gasteiger partial charge in [0.05, 0.1) is 24.4 Å². The Morgan fingerprint density at radius 2 is 1.84 bits per heavy atom. The Hall–Kier alpha value is -1.50. The minimum Gasteiger partial charge on any atom is -0.493 e. The second-order valence-electron chi connectivity index (χ2n) is 9.13. The topological polar surface area (TPSA) is 54.0 Å². The molecule has 1 amide bonds. The van der Waals surface area contributed by atoms with Crippen LogP contribution in [0.25, 0.3) is 0 Å². The summed E-state index contributed by atoms with van der Waals surface area (Å²) in [6.07, 6.45) is 7.32. The summed E-state index contributed by atoms with van der Waals surface area (Å²) in [6, 6.07) is 4.59. The lowest BCUT2D eigenvalue weighted by Crippen LogP contribution is -2.47. The fraction of sp³-hybridized carbons (Fsp3) is 0.720. The Kier molecular flexibility index (Phi) is 9.94. The van der Waals surface area contributed by atoms with Crippen LogP contribution in [0.15, 0.2) is 12.1 Å². The zero-order chi connectivity index (χ0) is 22.9. The SMILES string of the molecule is CCc1cc(Cl)c(OC)c(N2CCN(CCC3CCC(NC(=O)CCOC)CC3)CC2)c1. The van der Waals surface area contributed by atoms with E-state index in [0.717, 1.165) is 69.3 Å². The summed E-state index contributed by atoms with van der Waals surface area (Å²) in [7, 11) is 3.33. The highest BCUT2D eigenvalue weighted by Crippen LogP contribution is 2.37. The fourth-order valence-electron chi connectivity index (χ4n) is 4.94.